The lowest BCUT2D eigenvalue weighted by atomic mass is 10.2. The number of halogens is 3. The highest BCUT2D eigenvalue weighted by atomic mass is 19.4. The van der Waals surface area contributed by atoms with Crippen molar-refractivity contribution in [3.8, 4) is 23.0 Å². The van der Waals surface area contributed by atoms with Crippen molar-refractivity contribution < 1.29 is 27.9 Å². The van der Waals surface area contributed by atoms with E-state index < -0.39 is 29.9 Å². The van der Waals surface area contributed by atoms with Gasteiger partial charge >= 0.3 is 6.18 Å². The summed E-state index contributed by atoms with van der Waals surface area (Å²) in [6, 6.07) is 3.93. The van der Waals surface area contributed by atoms with Crippen LogP contribution in [0.15, 0.2) is 22.7 Å². The average Bonchev–Trinajstić information content (AvgIpc) is 2.68. The predicted octanol–water partition coefficient (Wildman–Crippen LogP) is 2.25. The summed E-state index contributed by atoms with van der Waals surface area (Å²) < 4.78 is 40.9. The van der Waals surface area contributed by atoms with Crippen LogP contribution >= 0.6 is 0 Å². The van der Waals surface area contributed by atoms with E-state index in [1.165, 1.54) is 18.2 Å². The first kappa shape index (κ1) is 12.2. The number of aromatic hydroxyl groups is 2. The lowest BCUT2D eigenvalue weighted by molar-refractivity contribution is -0.128. The van der Waals surface area contributed by atoms with Crippen molar-refractivity contribution in [1.29, 1.82) is 0 Å². The van der Waals surface area contributed by atoms with Crippen LogP contribution in [-0.4, -0.2) is 26.5 Å². The molecule has 0 saturated heterocycles. The van der Waals surface area contributed by atoms with Crippen molar-refractivity contribution >= 4 is 0 Å². The molecule has 0 unspecified atom stereocenters. The molecule has 1 heterocycles. The third kappa shape index (κ3) is 2.53. The molecule has 0 bridgehead atoms. The summed E-state index contributed by atoms with van der Waals surface area (Å²) in [6.45, 7) is 0. The zero-order valence-corrected chi connectivity index (χ0v) is 8.77. The van der Waals surface area contributed by atoms with Gasteiger partial charge in [0, 0.05) is 0 Å². The molecule has 1 aromatic heterocycles. The second-order valence-corrected chi connectivity index (χ2v) is 3.48. The Balaban J connectivity index is 2.33. The Hall–Kier alpha value is -2.25. The fourth-order valence-corrected chi connectivity index (χ4v) is 1.32. The van der Waals surface area contributed by atoms with Gasteiger partial charge in [-0.2, -0.15) is 18.2 Å². The molecule has 0 amide bonds. The molecule has 96 valence electrons. The maximum absolute atomic E-state index is 12.1. The van der Waals surface area contributed by atoms with E-state index in [0.29, 0.717) is 0 Å². The third-order valence-corrected chi connectivity index (χ3v) is 2.07. The number of hydrogen-bond donors (Lipinski definition) is 2. The minimum absolute atomic E-state index is 0.0316. The minimum Gasteiger partial charge on any atom is -0.504 e. The quantitative estimate of drug-likeness (QED) is 0.809. The molecule has 2 N–H and O–H groups in total. The molecule has 0 radical (unpaired) electrons. The van der Waals surface area contributed by atoms with E-state index in [-0.39, 0.29) is 11.5 Å². The number of hydrogen-bond acceptors (Lipinski definition) is 5. The fourth-order valence-electron chi connectivity index (χ4n) is 1.32. The van der Waals surface area contributed by atoms with E-state index in [9.17, 15) is 23.4 Å². The Bertz CT molecular complexity index is 566. The van der Waals surface area contributed by atoms with E-state index in [1.54, 1.807) is 0 Å². The molecule has 2 aromatic rings. The van der Waals surface area contributed by atoms with Crippen molar-refractivity contribution in [1.82, 2.24) is 10.1 Å². The first-order valence-electron chi connectivity index (χ1n) is 4.77. The molecule has 0 aliphatic carbocycles. The maximum Gasteiger partial charge on any atom is 0.396 e. The van der Waals surface area contributed by atoms with E-state index in [1.807, 2.05) is 0 Å². The van der Waals surface area contributed by atoms with Gasteiger partial charge in [-0.05, 0) is 12.1 Å². The topological polar surface area (TPSA) is 79.4 Å². The van der Waals surface area contributed by atoms with Crippen LogP contribution in [0.4, 0.5) is 13.2 Å². The third-order valence-electron chi connectivity index (χ3n) is 2.07. The summed E-state index contributed by atoms with van der Waals surface area (Å²) in [5.74, 6) is -1.79. The van der Waals surface area contributed by atoms with Crippen LogP contribution in [0.2, 0.25) is 0 Å². The minimum atomic E-state index is -4.44. The van der Waals surface area contributed by atoms with Crippen LogP contribution in [0.5, 0.6) is 11.5 Å². The highest BCUT2D eigenvalue weighted by molar-refractivity contribution is 5.66. The van der Waals surface area contributed by atoms with Crippen LogP contribution < -0.4 is 0 Å². The van der Waals surface area contributed by atoms with Gasteiger partial charge in [-0.1, -0.05) is 11.2 Å². The van der Waals surface area contributed by atoms with Crippen LogP contribution in [0.3, 0.4) is 0 Å². The molecule has 8 heteroatoms. The maximum atomic E-state index is 12.1. The molecular formula is C10H7F3N2O3. The normalized spacial score (nSPS) is 11.7. The summed E-state index contributed by atoms with van der Waals surface area (Å²) in [5, 5.41) is 21.9. The smallest absolute Gasteiger partial charge is 0.396 e. The van der Waals surface area contributed by atoms with Crippen LogP contribution in [0, 0.1) is 0 Å². The summed E-state index contributed by atoms with van der Waals surface area (Å²) in [4.78, 5) is 3.50. The number of nitrogens with zero attached hydrogens (tertiary/aromatic N) is 2. The van der Waals surface area contributed by atoms with Gasteiger partial charge in [-0.25, -0.2) is 0 Å². The standard InChI is InChI=1S/C10H7F3N2O3/c11-10(12,13)4-7-14-9(18-15-7)5-2-1-3-6(16)8(5)17/h1-3,16-17H,4H2. The molecule has 0 aliphatic rings. The molecular weight excluding hydrogens is 253 g/mol. The van der Waals surface area contributed by atoms with Gasteiger partial charge in [0.15, 0.2) is 17.3 Å². The Morgan fingerprint density at radius 1 is 1.22 bits per heavy atom. The predicted molar refractivity (Wildman–Crippen MR) is 52.8 cm³/mol. The summed E-state index contributed by atoms with van der Waals surface area (Å²) in [5.41, 5.74) is -0.0316. The van der Waals surface area contributed by atoms with Crippen LogP contribution in [-0.2, 0) is 6.42 Å². The molecule has 0 aliphatic heterocycles. The van der Waals surface area contributed by atoms with Gasteiger partial charge < -0.3 is 14.7 Å². The van der Waals surface area contributed by atoms with Crippen LogP contribution in [0.1, 0.15) is 5.82 Å². The number of rotatable bonds is 2. The van der Waals surface area contributed by atoms with E-state index >= 15 is 0 Å². The first-order valence-corrected chi connectivity index (χ1v) is 4.77. The van der Waals surface area contributed by atoms with Gasteiger partial charge in [0.2, 0.25) is 0 Å². The Morgan fingerprint density at radius 3 is 2.61 bits per heavy atom. The molecule has 1 aromatic carbocycles. The molecule has 5 nitrogen and oxygen atoms in total. The van der Waals surface area contributed by atoms with Crippen LogP contribution in [0.25, 0.3) is 11.5 Å². The molecule has 0 saturated carbocycles. The highest BCUT2D eigenvalue weighted by Gasteiger charge is 2.31. The monoisotopic (exact) mass is 260 g/mol. The number of benzene rings is 1. The summed E-state index contributed by atoms with van der Waals surface area (Å²) in [6.07, 6.45) is -5.77. The number of aromatic nitrogens is 2. The Kier molecular flexibility index (Phi) is 2.85. The van der Waals surface area contributed by atoms with Gasteiger partial charge in [-0.3, -0.25) is 0 Å². The van der Waals surface area contributed by atoms with Gasteiger partial charge in [-0.15, -0.1) is 0 Å². The number of alkyl halides is 3. The lowest BCUT2D eigenvalue weighted by Gasteiger charge is -2.01. The van der Waals surface area contributed by atoms with Crippen molar-refractivity contribution in [3.05, 3.63) is 24.0 Å². The molecule has 18 heavy (non-hydrogen) atoms. The largest absolute Gasteiger partial charge is 0.504 e. The fraction of sp³-hybridized carbons (Fsp3) is 0.200. The molecule has 0 fully saturated rings. The van der Waals surface area contributed by atoms with E-state index in [0.717, 1.165) is 0 Å². The average molecular weight is 260 g/mol. The summed E-state index contributed by atoms with van der Waals surface area (Å²) in [7, 11) is 0. The van der Waals surface area contributed by atoms with Crippen molar-refractivity contribution in [3.63, 3.8) is 0 Å². The zero-order valence-electron chi connectivity index (χ0n) is 8.77. The number of phenolic OH excluding ortho intramolecular Hbond substituents is 2. The van der Waals surface area contributed by atoms with E-state index in [2.05, 4.69) is 14.7 Å². The van der Waals surface area contributed by atoms with Gasteiger partial charge in [0.25, 0.3) is 5.89 Å². The molecule has 0 atom stereocenters. The van der Waals surface area contributed by atoms with Gasteiger partial charge in [0.1, 0.15) is 6.42 Å². The van der Waals surface area contributed by atoms with Crippen molar-refractivity contribution in [2.24, 2.45) is 0 Å². The first-order chi connectivity index (χ1) is 8.37. The van der Waals surface area contributed by atoms with Crippen molar-refractivity contribution in [2.75, 3.05) is 0 Å². The highest BCUT2D eigenvalue weighted by Crippen LogP contribution is 2.35. The molecule has 2 rings (SSSR count). The number of phenols is 2. The summed E-state index contributed by atoms with van der Waals surface area (Å²) >= 11 is 0. The van der Waals surface area contributed by atoms with E-state index in [4.69, 9.17) is 0 Å². The Morgan fingerprint density at radius 2 is 1.94 bits per heavy atom. The Labute approximate surface area is 98.5 Å². The zero-order chi connectivity index (χ0) is 13.3. The van der Waals surface area contributed by atoms with Gasteiger partial charge in [0.05, 0.1) is 5.56 Å². The SMILES string of the molecule is Oc1cccc(-c2nc(CC(F)(F)F)no2)c1O. The second-order valence-electron chi connectivity index (χ2n) is 3.48. The number of para-hydroxylation sites is 1. The lowest BCUT2D eigenvalue weighted by Crippen LogP contribution is -2.12. The van der Waals surface area contributed by atoms with Crippen molar-refractivity contribution in [2.45, 2.75) is 12.6 Å². The second kappa shape index (κ2) is 4.21. The molecule has 0 spiro atoms.